The third-order valence-electron chi connectivity index (χ3n) is 6.34. The molecule has 0 saturated carbocycles. The van der Waals surface area contributed by atoms with Gasteiger partial charge in [-0.15, -0.1) is 0 Å². The quantitative estimate of drug-likeness (QED) is 0.337. The number of rotatable bonds is 12. The van der Waals surface area contributed by atoms with E-state index in [9.17, 15) is 22.4 Å². The van der Waals surface area contributed by atoms with Crippen LogP contribution in [0.15, 0.2) is 78.9 Å². The third-order valence-corrected chi connectivity index (χ3v) is 7.77. The van der Waals surface area contributed by atoms with E-state index in [0.29, 0.717) is 6.42 Å². The molecule has 0 radical (unpaired) electrons. The summed E-state index contributed by atoms with van der Waals surface area (Å²) >= 11 is 5.91. The number of hydrogen-bond donors (Lipinski definition) is 1. The van der Waals surface area contributed by atoms with Crippen LogP contribution in [0.2, 0.25) is 5.02 Å². The van der Waals surface area contributed by atoms with Crippen molar-refractivity contribution in [3.63, 3.8) is 0 Å². The summed E-state index contributed by atoms with van der Waals surface area (Å²) < 4.78 is 40.2. The lowest BCUT2D eigenvalue weighted by Crippen LogP contribution is -2.54. The van der Waals surface area contributed by atoms with E-state index in [4.69, 9.17) is 11.6 Å². The van der Waals surface area contributed by atoms with Crippen LogP contribution < -0.4 is 9.62 Å². The zero-order valence-electron chi connectivity index (χ0n) is 22.2. The lowest BCUT2D eigenvalue weighted by atomic mass is 10.0. The summed E-state index contributed by atoms with van der Waals surface area (Å²) in [6.45, 7) is 3.30. The maximum atomic E-state index is 14.0. The van der Waals surface area contributed by atoms with Gasteiger partial charge in [-0.05, 0) is 42.7 Å². The average Bonchev–Trinajstić information content (AvgIpc) is 2.91. The molecule has 2 amide bonds. The largest absolute Gasteiger partial charge is 0.352 e. The highest BCUT2D eigenvalue weighted by Gasteiger charge is 2.33. The van der Waals surface area contributed by atoms with Crippen molar-refractivity contribution in [3.8, 4) is 0 Å². The van der Waals surface area contributed by atoms with Crippen LogP contribution in [-0.4, -0.2) is 50.0 Å². The third kappa shape index (κ3) is 8.53. The standard InChI is InChI=1S/C29H33ClFN3O4S/c1-4-21(2)32-29(36)27(17-22-11-7-5-8-12-22)33(19-23-13-9-6-10-14-23)28(35)20-34(39(3,37)38)24-15-16-26(31)25(30)18-24/h5-16,18,21,27H,4,17,19-20H2,1-3H3,(H,32,36)/t21-,27-/m1/s1. The minimum absolute atomic E-state index is 0.0422. The Hall–Kier alpha value is -3.43. The summed E-state index contributed by atoms with van der Waals surface area (Å²) in [5.41, 5.74) is 1.66. The SMILES string of the molecule is CC[C@@H](C)NC(=O)[C@@H](Cc1ccccc1)N(Cc1ccccc1)C(=O)CN(c1ccc(F)c(Cl)c1)S(C)(=O)=O. The van der Waals surface area contributed by atoms with Crippen molar-refractivity contribution >= 4 is 39.1 Å². The van der Waals surface area contributed by atoms with Crippen molar-refractivity contribution in [2.45, 2.75) is 45.3 Å². The van der Waals surface area contributed by atoms with Gasteiger partial charge in [-0.25, -0.2) is 12.8 Å². The van der Waals surface area contributed by atoms with Crippen LogP contribution >= 0.6 is 11.6 Å². The Bertz CT molecular complexity index is 1370. The van der Waals surface area contributed by atoms with Crippen LogP contribution in [0.5, 0.6) is 0 Å². The number of nitrogens with zero attached hydrogens (tertiary/aromatic N) is 2. The molecule has 0 spiro atoms. The Morgan fingerprint density at radius 2 is 1.56 bits per heavy atom. The van der Waals surface area contributed by atoms with Gasteiger partial charge in [0.2, 0.25) is 21.8 Å². The summed E-state index contributed by atoms with van der Waals surface area (Å²) in [6, 6.07) is 20.9. The van der Waals surface area contributed by atoms with Crippen molar-refractivity contribution in [2.24, 2.45) is 0 Å². The minimum Gasteiger partial charge on any atom is -0.352 e. The van der Waals surface area contributed by atoms with Crippen LogP contribution in [0.25, 0.3) is 0 Å². The fraction of sp³-hybridized carbons (Fsp3) is 0.310. The number of anilines is 1. The van der Waals surface area contributed by atoms with Gasteiger partial charge in [0.05, 0.1) is 17.0 Å². The number of sulfonamides is 1. The normalized spacial score (nSPS) is 12.8. The highest BCUT2D eigenvalue weighted by atomic mass is 35.5. The number of carbonyl (C=O) groups excluding carboxylic acids is 2. The van der Waals surface area contributed by atoms with Crippen LogP contribution in [0.3, 0.4) is 0 Å². The number of benzene rings is 3. The van der Waals surface area contributed by atoms with Crippen molar-refractivity contribution in [2.75, 3.05) is 17.1 Å². The Morgan fingerprint density at radius 1 is 0.974 bits per heavy atom. The number of amides is 2. The zero-order chi connectivity index (χ0) is 28.6. The van der Waals surface area contributed by atoms with E-state index in [1.54, 1.807) is 0 Å². The van der Waals surface area contributed by atoms with Gasteiger partial charge in [0.25, 0.3) is 0 Å². The van der Waals surface area contributed by atoms with Gasteiger partial charge in [0, 0.05) is 19.0 Å². The monoisotopic (exact) mass is 573 g/mol. The van der Waals surface area contributed by atoms with E-state index in [2.05, 4.69) is 5.32 Å². The molecule has 3 aromatic rings. The molecule has 0 heterocycles. The Balaban J connectivity index is 2.05. The summed E-state index contributed by atoms with van der Waals surface area (Å²) in [6.07, 6.45) is 1.88. The lowest BCUT2D eigenvalue weighted by molar-refractivity contribution is -0.140. The molecule has 0 aliphatic rings. The summed E-state index contributed by atoms with van der Waals surface area (Å²) in [5.74, 6) is -1.64. The van der Waals surface area contributed by atoms with Crippen LogP contribution in [-0.2, 0) is 32.6 Å². The first-order valence-corrected chi connectivity index (χ1v) is 14.8. The second-order valence-corrected chi connectivity index (χ2v) is 11.7. The maximum Gasteiger partial charge on any atom is 0.244 e. The smallest absolute Gasteiger partial charge is 0.244 e. The molecule has 7 nitrogen and oxygen atoms in total. The van der Waals surface area contributed by atoms with Crippen molar-refractivity contribution < 1.29 is 22.4 Å². The molecular weight excluding hydrogens is 541 g/mol. The number of carbonyl (C=O) groups is 2. The number of nitrogens with one attached hydrogen (secondary N) is 1. The van der Waals surface area contributed by atoms with Crippen LogP contribution in [0, 0.1) is 5.82 Å². The summed E-state index contributed by atoms with van der Waals surface area (Å²) in [5, 5.41) is 2.70. The second kappa shape index (κ2) is 13.6. The fourth-order valence-corrected chi connectivity index (χ4v) is 5.05. The van der Waals surface area contributed by atoms with E-state index in [-0.39, 0.29) is 35.6 Å². The summed E-state index contributed by atoms with van der Waals surface area (Å²) in [4.78, 5) is 29.0. The van der Waals surface area contributed by atoms with E-state index >= 15 is 0 Å². The molecule has 0 aromatic heterocycles. The molecular formula is C29H33ClFN3O4S. The second-order valence-electron chi connectivity index (χ2n) is 9.40. The molecule has 3 rings (SSSR count). The molecule has 0 fully saturated rings. The number of hydrogen-bond acceptors (Lipinski definition) is 4. The first-order chi connectivity index (χ1) is 18.5. The zero-order valence-corrected chi connectivity index (χ0v) is 23.8. The molecule has 3 aromatic carbocycles. The van der Waals surface area contributed by atoms with Gasteiger partial charge < -0.3 is 10.2 Å². The van der Waals surface area contributed by atoms with Gasteiger partial charge in [0.15, 0.2) is 0 Å². The van der Waals surface area contributed by atoms with Gasteiger partial charge in [-0.1, -0.05) is 79.2 Å². The molecule has 39 heavy (non-hydrogen) atoms. The molecule has 0 aliphatic carbocycles. The van der Waals surface area contributed by atoms with Crippen molar-refractivity contribution in [3.05, 3.63) is 101 Å². The number of halogens is 2. The lowest BCUT2D eigenvalue weighted by Gasteiger charge is -2.34. The van der Waals surface area contributed by atoms with Gasteiger partial charge >= 0.3 is 0 Å². The predicted molar refractivity (Wildman–Crippen MR) is 152 cm³/mol. The highest BCUT2D eigenvalue weighted by Crippen LogP contribution is 2.25. The van der Waals surface area contributed by atoms with E-state index in [1.807, 2.05) is 74.5 Å². The Morgan fingerprint density at radius 3 is 2.10 bits per heavy atom. The molecule has 0 aliphatic heterocycles. The molecule has 10 heteroatoms. The van der Waals surface area contributed by atoms with Gasteiger partial charge in [-0.2, -0.15) is 0 Å². The molecule has 0 saturated heterocycles. The fourth-order valence-electron chi connectivity index (χ4n) is 4.03. The first-order valence-electron chi connectivity index (χ1n) is 12.6. The average molecular weight is 574 g/mol. The van der Waals surface area contributed by atoms with E-state index in [0.717, 1.165) is 33.8 Å². The molecule has 0 bridgehead atoms. The summed E-state index contributed by atoms with van der Waals surface area (Å²) in [7, 11) is -3.97. The molecule has 0 unspecified atom stereocenters. The van der Waals surface area contributed by atoms with Crippen LogP contribution in [0.4, 0.5) is 10.1 Å². The highest BCUT2D eigenvalue weighted by molar-refractivity contribution is 7.92. The predicted octanol–water partition coefficient (Wildman–Crippen LogP) is 4.80. The topological polar surface area (TPSA) is 86.8 Å². The van der Waals surface area contributed by atoms with Gasteiger partial charge in [0.1, 0.15) is 18.4 Å². The maximum absolute atomic E-state index is 14.0. The molecule has 208 valence electrons. The first kappa shape index (κ1) is 30.1. The minimum atomic E-state index is -3.97. The van der Waals surface area contributed by atoms with Gasteiger partial charge in [-0.3, -0.25) is 13.9 Å². The molecule has 1 N–H and O–H groups in total. The van der Waals surface area contributed by atoms with Crippen molar-refractivity contribution in [1.29, 1.82) is 0 Å². The van der Waals surface area contributed by atoms with E-state index < -0.39 is 34.3 Å². The van der Waals surface area contributed by atoms with Crippen LogP contribution in [0.1, 0.15) is 31.4 Å². The Labute approximate surface area is 234 Å². The van der Waals surface area contributed by atoms with E-state index in [1.165, 1.54) is 11.0 Å². The molecule has 2 atom stereocenters. The van der Waals surface area contributed by atoms with Crippen molar-refractivity contribution in [1.82, 2.24) is 10.2 Å². The Kier molecular flexibility index (Phi) is 10.5.